The Morgan fingerprint density at radius 1 is 1.62 bits per heavy atom. The van der Waals surface area contributed by atoms with Gasteiger partial charge in [-0.15, -0.1) is 0 Å². The molecule has 1 fully saturated rings. The Bertz CT molecular complexity index is 184. The maximum atomic E-state index is 13.2. The normalized spacial score (nSPS) is 28.5. The second-order valence-corrected chi connectivity index (χ2v) is 3.76. The smallest absolute Gasteiger partial charge is 0.222 e. The fourth-order valence-corrected chi connectivity index (χ4v) is 1.51. The summed E-state index contributed by atoms with van der Waals surface area (Å²) in [7, 11) is 3.41. The zero-order valence-corrected chi connectivity index (χ0v) is 8.22. The van der Waals surface area contributed by atoms with Crippen molar-refractivity contribution in [3.8, 4) is 0 Å². The SMILES string of the molecule is CN(C)C(=O)CC1CCNCC1F. The van der Waals surface area contributed by atoms with Crippen molar-refractivity contribution in [1.82, 2.24) is 10.2 Å². The van der Waals surface area contributed by atoms with E-state index in [1.807, 2.05) is 0 Å². The summed E-state index contributed by atoms with van der Waals surface area (Å²) in [6, 6.07) is 0. The molecular weight excluding hydrogens is 171 g/mol. The molecule has 3 nitrogen and oxygen atoms in total. The first-order valence-corrected chi connectivity index (χ1v) is 4.66. The monoisotopic (exact) mass is 188 g/mol. The quantitative estimate of drug-likeness (QED) is 0.681. The first-order chi connectivity index (χ1) is 6.11. The number of piperidine rings is 1. The second-order valence-electron chi connectivity index (χ2n) is 3.76. The first-order valence-electron chi connectivity index (χ1n) is 4.66. The molecule has 0 spiro atoms. The van der Waals surface area contributed by atoms with Gasteiger partial charge in [0, 0.05) is 33.0 Å². The fourth-order valence-electron chi connectivity index (χ4n) is 1.51. The average molecular weight is 188 g/mol. The highest BCUT2D eigenvalue weighted by molar-refractivity contribution is 5.75. The van der Waals surface area contributed by atoms with E-state index in [-0.39, 0.29) is 11.8 Å². The molecule has 1 aliphatic rings. The molecule has 1 saturated heterocycles. The van der Waals surface area contributed by atoms with Gasteiger partial charge in [-0.3, -0.25) is 4.79 Å². The number of nitrogens with one attached hydrogen (secondary N) is 1. The minimum atomic E-state index is -0.863. The fraction of sp³-hybridized carbons (Fsp3) is 0.889. The summed E-state index contributed by atoms with van der Waals surface area (Å²) in [5.41, 5.74) is 0. The summed E-state index contributed by atoms with van der Waals surface area (Å²) in [6.07, 6.45) is 0.244. The van der Waals surface area contributed by atoms with E-state index in [1.54, 1.807) is 14.1 Å². The van der Waals surface area contributed by atoms with E-state index in [0.717, 1.165) is 13.0 Å². The van der Waals surface area contributed by atoms with Crippen molar-refractivity contribution < 1.29 is 9.18 Å². The van der Waals surface area contributed by atoms with Gasteiger partial charge in [0.15, 0.2) is 0 Å². The van der Waals surface area contributed by atoms with Crippen LogP contribution >= 0.6 is 0 Å². The Kier molecular flexibility index (Phi) is 3.66. The number of hydrogen-bond acceptors (Lipinski definition) is 2. The van der Waals surface area contributed by atoms with Gasteiger partial charge < -0.3 is 10.2 Å². The van der Waals surface area contributed by atoms with Gasteiger partial charge in [-0.2, -0.15) is 0 Å². The summed E-state index contributed by atoms with van der Waals surface area (Å²) in [6.45, 7) is 1.22. The van der Waals surface area contributed by atoms with E-state index >= 15 is 0 Å². The van der Waals surface area contributed by atoms with Gasteiger partial charge in [-0.25, -0.2) is 4.39 Å². The number of carbonyl (C=O) groups is 1. The summed E-state index contributed by atoms with van der Waals surface area (Å²) < 4.78 is 13.2. The van der Waals surface area contributed by atoms with Crippen molar-refractivity contribution in [2.45, 2.75) is 19.0 Å². The lowest BCUT2D eigenvalue weighted by Crippen LogP contribution is -2.40. The number of carbonyl (C=O) groups excluding carboxylic acids is 1. The number of rotatable bonds is 2. The third kappa shape index (κ3) is 2.95. The Morgan fingerprint density at radius 3 is 2.85 bits per heavy atom. The minimum absolute atomic E-state index is 0.0227. The largest absolute Gasteiger partial charge is 0.349 e. The highest BCUT2D eigenvalue weighted by Crippen LogP contribution is 2.19. The topological polar surface area (TPSA) is 32.3 Å². The molecule has 1 heterocycles. The highest BCUT2D eigenvalue weighted by Gasteiger charge is 2.26. The zero-order chi connectivity index (χ0) is 9.84. The van der Waals surface area contributed by atoms with Crippen LogP contribution in [0.25, 0.3) is 0 Å². The molecule has 4 heteroatoms. The molecule has 0 bridgehead atoms. The van der Waals surface area contributed by atoms with E-state index in [9.17, 15) is 9.18 Å². The maximum Gasteiger partial charge on any atom is 0.222 e. The number of hydrogen-bond donors (Lipinski definition) is 1. The Hall–Kier alpha value is -0.640. The van der Waals surface area contributed by atoms with Crippen LogP contribution in [0.15, 0.2) is 0 Å². The molecule has 2 unspecified atom stereocenters. The van der Waals surface area contributed by atoms with Gasteiger partial charge in [0.1, 0.15) is 6.17 Å². The summed E-state index contributed by atoms with van der Waals surface area (Å²) in [5, 5.41) is 2.97. The van der Waals surface area contributed by atoms with Crippen molar-refractivity contribution in [3.05, 3.63) is 0 Å². The molecule has 2 atom stereocenters. The Balaban J connectivity index is 2.38. The molecule has 1 aliphatic heterocycles. The van der Waals surface area contributed by atoms with Gasteiger partial charge in [0.25, 0.3) is 0 Å². The van der Waals surface area contributed by atoms with Gasteiger partial charge in [-0.1, -0.05) is 0 Å². The van der Waals surface area contributed by atoms with Gasteiger partial charge in [0.05, 0.1) is 0 Å². The van der Waals surface area contributed by atoms with E-state index in [1.165, 1.54) is 4.90 Å². The van der Waals surface area contributed by atoms with E-state index in [2.05, 4.69) is 5.32 Å². The summed E-state index contributed by atoms with van der Waals surface area (Å²) in [5.74, 6) is -0.0642. The molecule has 0 aromatic heterocycles. The van der Waals surface area contributed by atoms with Crippen molar-refractivity contribution in [3.63, 3.8) is 0 Å². The third-order valence-corrected chi connectivity index (χ3v) is 2.48. The van der Waals surface area contributed by atoms with Crippen LogP contribution < -0.4 is 5.32 Å². The highest BCUT2D eigenvalue weighted by atomic mass is 19.1. The molecule has 0 aromatic carbocycles. The Labute approximate surface area is 78.3 Å². The second kappa shape index (κ2) is 4.56. The Morgan fingerprint density at radius 2 is 2.31 bits per heavy atom. The third-order valence-electron chi connectivity index (χ3n) is 2.48. The number of halogens is 1. The standard InChI is InChI=1S/C9H17FN2O/c1-12(2)9(13)5-7-3-4-11-6-8(7)10/h7-8,11H,3-6H2,1-2H3. The number of alkyl halides is 1. The van der Waals surface area contributed by atoms with Crippen molar-refractivity contribution >= 4 is 5.91 Å². The van der Waals surface area contributed by atoms with Crippen LogP contribution in [0.5, 0.6) is 0 Å². The molecule has 76 valence electrons. The molecule has 1 amide bonds. The summed E-state index contributed by atoms with van der Waals surface area (Å²) >= 11 is 0. The van der Waals surface area contributed by atoms with Gasteiger partial charge in [-0.05, 0) is 13.0 Å². The van der Waals surface area contributed by atoms with Gasteiger partial charge in [0.2, 0.25) is 5.91 Å². The van der Waals surface area contributed by atoms with Crippen LogP contribution in [-0.4, -0.2) is 44.2 Å². The molecule has 1 rings (SSSR count). The predicted molar refractivity (Wildman–Crippen MR) is 49.2 cm³/mol. The molecule has 0 saturated carbocycles. The van der Waals surface area contributed by atoms with Crippen molar-refractivity contribution in [2.24, 2.45) is 5.92 Å². The molecule has 0 radical (unpaired) electrons. The summed E-state index contributed by atoms with van der Waals surface area (Å²) in [4.78, 5) is 12.8. The van der Waals surface area contributed by atoms with E-state index in [4.69, 9.17) is 0 Å². The average Bonchev–Trinajstić information content (AvgIpc) is 2.08. The lowest BCUT2D eigenvalue weighted by Gasteiger charge is -2.27. The number of amides is 1. The van der Waals surface area contributed by atoms with Crippen LogP contribution in [0.3, 0.4) is 0 Å². The van der Waals surface area contributed by atoms with Crippen LogP contribution in [0.2, 0.25) is 0 Å². The molecular formula is C9H17FN2O. The molecule has 0 aliphatic carbocycles. The zero-order valence-electron chi connectivity index (χ0n) is 8.22. The van der Waals surface area contributed by atoms with E-state index < -0.39 is 6.17 Å². The maximum absolute atomic E-state index is 13.2. The minimum Gasteiger partial charge on any atom is -0.349 e. The van der Waals surface area contributed by atoms with Crippen LogP contribution in [-0.2, 0) is 4.79 Å². The molecule has 1 N–H and O–H groups in total. The molecule has 0 aromatic rings. The van der Waals surface area contributed by atoms with Crippen molar-refractivity contribution in [1.29, 1.82) is 0 Å². The van der Waals surface area contributed by atoms with E-state index in [0.29, 0.717) is 13.0 Å². The first kappa shape index (κ1) is 10.4. The van der Waals surface area contributed by atoms with Crippen LogP contribution in [0.4, 0.5) is 4.39 Å². The van der Waals surface area contributed by atoms with Crippen LogP contribution in [0, 0.1) is 5.92 Å². The lowest BCUT2D eigenvalue weighted by molar-refractivity contribution is -0.130. The predicted octanol–water partition coefficient (Wildman–Crippen LogP) is 0.412. The van der Waals surface area contributed by atoms with Crippen LogP contribution in [0.1, 0.15) is 12.8 Å². The lowest BCUT2D eigenvalue weighted by atomic mass is 9.92. The molecule has 13 heavy (non-hydrogen) atoms. The van der Waals surface area contributed by atoms with Crippen molar-refractivity contribution in [2.75, 3.05) is 27.2 Å². The van der Waals surface area contributed by atoms with Gasteiger partial charge >= 0.3 is 0 Å². The number of nitrogens with zero attached hydrogens (tertiary/aromatic N) is 1.